The van der Waals surface area contributed by atoms with Crippen molar-refractivity contribution < 1.29 is 4.79 Å². The van der Waals surface area contributed by atoms with E-state index in [-0.39, 0.29) is 6.03 Å². The number of pyridine rings is 1. The number of nitrogens with one attached hydrogen (secondary N) is 1. The third-order valence-corrected chi connectivity index (χ3v) is 5.28. The topological polar surface area (TPSA) is 66.3 Å². The van der Waals surface area contributed by atoms with Crippen LogP contribution < -0.4 is 5.32 Å². The summed E-state index contributed by atoms with van der Waals surface area (Å²) in [5.74, 6) is 0. The zero-order valence-corrected chi connectivity index (χ0v) is 16.4. The number of hydrogen-bond donors (Lipinski definition) is 1. The van der Waals surface area contributed by atoms with E-state index in [9.17, 15) is 4.79 Å². The van der Waals surface area contributed by atoms with Crippen LogP contribution in [-0.4, -0.2) is 56.8 Å². The van der Waals surface area contributed by atoms with Crippen molar-refractivity contribution in [2.45, 2.75) is 20.0 Å². The minimum absolute atomic E-state index is 0.0208. The van der Waals surface area contributed by atoms with Crippen molar-refractivity contribution in [2.24, 2.45) is 7.05 Å². The Labute approximate surface area is 165 Å². The van der Waals surface area contributed by atoms with Gasteiger partial charge in [0, 0.05) is 57.6 Å². The maximum absolute atomic E-state index is 12.6. The smallest absolute Gasteiger partial charge is 0.317 e. The first kappa shape index (κ1) is 18.4. The van der Waals surface area contributed by atoms with Gasteiger partial charge >= 0.3 is 6.03 Å². The third kappa shape index (κ3) is 3.99. The summed E-state index contributed by atoms with van der Waals surface area (Å²) in [7, 11) is 1.93. The summed E-state index contributed by atoms with van der Waals surface area (Å²) >= 11 is 0. The van der Waals surface area contributed by atoms with Crippen LogP contribution in [0.5, 0.6) is 0 Å². The van der Waals surface area contributed by atoms with Gasteiger partial charge in [0.25, 0.3) is 0 Å². The van der Waals surface area contributed by atoms with Crippen LogP contribution in [-0.2, 0) is 20.1 Å². The Morgan fingerprint density at radius 2 is 2.00 bits per heavy atom. The van der Waals surface area contributed by atoms with Gasteiger partial charge < -0.3 is 10.2 Å². The molecule has 3 aromatic rings. The monoisotopic (exact) mass is 378 g/mol. The summed E-state index contributed by atoms with van der Waals surface area (Å²) in [4.78, 5) is 21.0. The fraction of sp³-hybridized carbons (Fsp3) is 0.381. The molecule has 1 aromatic carbocycles. The molecule has 0 spiro atoms. The molecular formula is C21H26N6O. The highest BCUT2D eigenvalue weighted by molar-refractivity contribution is 5.83. The highest BCUT2D eigenvalue weighted by Gasteiger charge is 2.21. The van der Waals surface area contributed by atoms with E-state index in [2.05, 4.69) is 51.5 Å². The lowest BCUT2D eigenvalue weighted by molar-refractivity contribution is 0.135. The van der Waals surface area contributed by atoms with Crippen LogP contribution in [0.4, 0.5) is 4.79 Å². The number of carbonyl (C=O) groups excluding carboxylic acids is 1. The highest BCUT2D eigenvalue weighted by Crippen LogP contribution is 2.19. The van der Waals surface area contributed by atoms with E-state index in [1.165, 1.54) is 11.1 Å². The Kier molecular flexibility index (Phi) is 5.25. The minimum atomic E-state index is -0.0208. The summed E-state index contributed by atoms with van der Waals surface area (Å²) in [6, 6.07) is 10.3. The van der Waals surface area contributed by atoms with E-state index in [0.29, 0.717) is 6.54 Å². The maximum atomic E-state index is 12.6. The first-order valence-corrected chi connectivity index (χ1v) is 9.66. The predicted octanol–water partition coefficient (Wildman–Crippen LogP) is 2.30. The summed E-state index contributed by atoms with van der Waals surface area (Å²) in [5.41, 5.74) is 4.39. The zero-order chi connectivity index (χ0) is 19.5. The number of hydrogen-bond acceptors (Lipinski definition) is 4. The molecule has 4 rings (SSSR count). The minimum Gasteiger partial charge on any atom is -0.332 e. The Balaban J connectivity index is 1.31. The lowest BCUT2D eigenvalue weighted by Crippen LogP contribution is -2.51. The number of carbonyl (C=O) groups is 1. The molecule has 1 saturated heterocycles. The van der Waals surface area contributed by atoms with Gasteiger partial charge in [-0.2, -0.15) is 5.10 Å². The largest absolute Gasteiger partial charge is 0.332 e. The van der Waals surface area contributed by atoms with Crippen molar-refractivity contribution in [2.75, 3.05) is 26.2 Å². The van der Waals surface area contributed by atoms with Crippen LogP contribution in [0.15, 0.2) is 42.7 Å². The van der Waals surface area contributed by atoms with Gasteiger partial charge in [-0.1, -0.05) is 17.7 Å². The van der Waals surface area contributed by atoms with E-state index in [1.54, 1.807) is 6.20 Å². The molecule has 1 N–H and O–H groups in total. The van der Waals surface area contributed by atoms with Crippen LogP contribution in [0.2, 0.25) is 0 Å². The first-order valence-electron chi connectivity index (χ1n) is 9.66. The van der Waals surface area contributed by atoms with Crippen LogP contribution in [0.25, 0.3) is 10.9 Å². The van der Waals surface area contributed by atoms with E-state index in [1.807, 2.05) is 28.9 Å². The van der Waals surface area contributed by atoms with Gasteiger partial charge in [0.1, 0.15) is 0 Å². The van der Waals surface area contributed by atoms with Crippen LogP contribution in [0.3, 0.4) is 0 Å². The number of aryl methyl sites for hydroxylation is 2. The maximum Gasteiger partial charge on any atom is 0.317 e. The molecule has 0 aliphatic carbocycles. The number of benzene rings is 1. The molecule has 0 bridgehead atoms. The van der Waals surface area contributed by atoms with E-state index < -0.39 is 0 Å². The quantitative estimate of drug-likeness (QED) is 0.757. The molecule has 3 heterocycles. The van der Waals surface area contributed by atoms with Crippen LogP contribution in [0.1, 0.15) is 16.8 Å². The van der Waals surface area contributed by atoms with Crippen molar-refractivity contribution in [1.29, 1.82) is 0 Å². The molecule has 146 valence electrons. The average Bonchev–Trinajstić information content (AvgIpc) is 3.02. The van der Waals surface area contributed by atoms with Gasteiger partial charge in [0.05, 0.1) is 17.8 Å². The Hall–Kier alpha value is -2.93. The van der Waals surface area contributed by atoms with Gasteiger partial charge in [-0.15, -0.1) is 0 Å². The lowest BCUT2D eigenvalue weighted by Gasteiger charge is -2.34. The Morgan fingerprint density at radius 3 is 2.75 bits per heavy atom. The van der Waals surface area contributed by atoms with Gasteiger partial charge in [-0.25, -0.2) is 4.79 Å². The molecule has 28 heavy (non-hydrogen) atoms. The van der Waals surface area contributed by atoms with Crippen molar-refractivity contribution in [3.63, 3.8) is 0 Å². The van der Waals surface area contributed by atoms with E-state index in [0.717, 1.165) is 49.3 Å². The number of fused-ring (bicyclic) bond motifs is 1. The number of aromatic nitrogens is 3. The molecule has 0 saturated carbocycles. The van der Waals surface area contributed by atoms with Gasteiger partial charge in [-0.3, -0.25) is 14.6 Å². The molecule has 2 amide bonds. The molecule has 0 unspecified atom stereocenters. The number of amides is 2. The van der Waals surface area contributed by atoms with Crippen molar-refractivity contribution >= 4 is 16.9 Å². The first-order chi connectivity index (χ1) is 13.6. The zero-order valence-electron chi connectivity index (χ0n) is 16.4. The van der Waals surface area contributed by atoms with Crippen molar-refractivity contribution in [3.05, 3.63) is 59.5 Å². The number of rotatable bonds is 4. The molecule has 2 aromatic heterocycles. The van der Waals surface area contributed by atoms with Crippen molar-refractivity contribution in [3.8, 4) is 0 Å². The molecule has 1 aliphatic heterocycles. The van der Waals surface area contributed by atoms with Crippen molar-refractivity contribution in [1.82, 2.24) is 29.9 Å². The second-order valence-corrected chi connectivity index (χ2v) is 7.37. The van der Waals surface area contributed by atoms with Gasteiger partial charge in [0.2, 0.25) is 0 Å². The third-order valence-electron chi connectivity index (χ3n) is 5.28. The summed E-state index contributed by atoms with van der Waals surface area (Å²) < 4.78 is 1.87. The van der Waals surface area contributed by atoms with Gasteiger partial charge in [0.15, 0.2) is 0 Å². The molecule has 7 heteroatoms. The highest BCUT2D eigenvalue weighted by atomic mass is 16.2. The van der Waals surface area contributed by atoms with E-state index >= 15 is 0 Å². The summed E-state index contributed by atoms with van der Waals surface area (Å²) in [6.07, 6.45) is 3.69. The normalized spacial score (nSPS) is 15.1. The molecule has 1 fully saturated rings. The SMILES string of the molecule is Cc1ccc2c(c1)c(CNC(=O)N1CCN(Cc3cccnc3)CC1)nn2C. The molecular weight excluding hydrogens is 352 g/mol. The fourth-order valence-electron chi connectivity index (χ4n) is 3.71. The summed E-state index contributed by atoms with van der Waals surface area (Å²) in [6.45, 7) is 6.59. The van der Waals surface area contributed by atoms with E-state index in [4.69, 9.17) is 0 Å². The molecule has 0 radical (unpaired) electrons. The summed E-state index contributed by atoms with van der Waals surface area (Å²) in [5, 5.41) is 8.72. The standard InChI is InChI=1S/C21H26N6O/c1-16-5-6-20-18(12-16)19(24-25(20)2)14-23-21(28)27-10-8-26(9-11-27)15-17-4-3-7-22-13-17/h3-7,12-13H,8-11,14-15H2,1-2H3,(H,23,28). The number of piperazine rings is 1. The molecule has 1 aliphatic rings. The second kappa shape index (κ2) is 7.98. The fourth-order valence-corrected chi connectivity index (χ4v) is 3.71. The number of nitrogens with zero attached hydrogens (tertiary/aromatic N) is 5. The Morgan fingerprint density at radius 1 is 1.18 bits per heavy atom. The predicted molar refractivity (Wildman–Crippen MR) is 109 cm³/mol. The average molecular weight is 378 g/mol. The molecule has 0 atom stereocenters. The van der Waals surface area contributed by atoms with Crippen LogP contribution in [0, 0.1) is 6.92 Å². The number of urea groups is 1. The Bertz CT molecular complexity index is 960. The molecule has 7 nitrogen and oxygen atoms in total. The van der Waals surface area contributed by atoms with Gasteiger partial charge in [-0.05, 0) is 30.7 Å². The van der Waals surface area contributed by atoms with Crippen LogP contribution >= 0.6 is 0 Å². The lowest BCUT2D eigenvalue weighted by atomic mass is 10.1. The second-order valence-electron chi connectivity index (χ2n) is 7.37.